The molecule has 0 amide bonds. The fourth-order valence-corrected chi connectivity index (χ4v) is 5.63. The predicted octanol–water partition coefficient (Wildman–Crippen LogP) is 5.00. The second kappa shape index (κ2) is 14.0. The lowest BCUT2D eigenvalue weighted by Crippen LogP contribution is -2.51. The van der Waals surface area contributed by atoms with Crippen molar-refractivity contribution >= 4 is 40.1 Å². The Morgan fingerprint density at radius 3 is 2.26 bits per heavy atom. The number of morpholine rings is 1. The van der Waals surface area contributed by atoms with Crippen LogP contribution in [0.2, 0.25) is 0 Å². The number of pyridine rings is 2. The number of rotatable bonds is 9. The zero-order valence-corrected chi connectivity index (χ0v) is 26.7. The lowest BCUT2D eigenvalue weighted by molar-refractivity contribution is 0.0580. The van der Waals surface area contributed by atoms with Crippen molar-refractivity contribution in [2.24, 2.45) is 0 Å². The third-order valence-corrected chi connectivity index (χ3v) is 7.78. The smallest absolute Gasteiger partial charge is 0.357 e. The van der Waals surface area contributed by atoms with Gasteiger partial charge in [0.25, 0.3) is 5.56 Å². The molecule has 0 atom stereocenters. The fraction of sp³-hybridized carbons (Fsp3) is 0.265. The van der Waals surface area contributed by atoms with Gasteiger partial charge in [-0.2, -0.15) is 0 Å². The highest BCUT2D eigenvalue weighted by molar-refractivity contribution is 6.07. The molecule has 3 heterocycles. The van der Waals surface area contributed by atoms with Crippen molar-refractivity contribution in [3.05, 3.63) is 88.5 Å². The van der Waals surface area contributed by atoms with Crippen molar-refractivity contribution < 1.29 is 33.2 Å². The number of halogens is 1. The van der Waals surface area contributed by atoms with Gasteiger partial charge in [0.15, 0.2) is 17.2 Å². The molecule has 0 aliphatic carbocycles. The molecule has 5 aromatic rings. The van der Waals surface area contributed by atoms with Crippen LogP contribution in [0.4, 0.5) is 0 Å². The molecular weight excluding hydrogens is 614 g/mol. The van der Waals surface area contributed by atoms with E-state index in [0.29, 0.717) is 71.2 Å². The van der Waals surface area contributed by atoms with E-state index >= 15 is 0 Å². The molecule has 1 aliphatic rings. The minimum absolute atomic E-state index is 0. The summed E-state index contributed by atoms with van der Waals surface area (Å²) >= 11 is 0. The van der Waals surface area contributed by atoms with Gasteiger partial charge in [-0.25, -0.2) is 14.5 Å². The van der Waals surface area contributed by atoms with Gasteiger partial charge in [-0.3, -0.25) is 4.79 Å². The first-order chi connectivity index (χ1) is 22.0. The molecule has 0 unspecified atom stereocenters. The maximum absolute atomic E-state index is 14.3. The van der Waals surface area contributed by atoms with Crippen molar-refractivity contribution in [1.29, 1.82) is 0 Å². The van der Waals surface area contributed by atoms with E-state index in [9.17, 15) is 9.59 Å². The standard InChI is InChI=1S/C34H33N3O8.ClH/c1-40-28-17-22(18-29(41-2)32(28)42-3)30-25-12-11-24(45-20-23-10-9-21-7-5-6-8-27(21)35-23)19-26(25)33(38)37(31(30)34(39)43-4)36-13-15-44-16-14-36;/h5-12,17-19H,13-16,20H2,1-4H3;1H. The molecule has 1 aliphatic heterocycles. The van der Waals surface area contributed by atoms with E-state index in [4.69, 9.17) is 33.4 Å². The molecule has 0 N–H and O–H groups in total. The molecule has 1 saturated heterocycles. The Balaban J connectivity index is 0.00000417. The molecule has 3 aromatic carbocycles. The van der Waals surface area contributed by atoms with Crippen LogP contribution in [0.3, 0.4) is 0 Å². The zero-order valence-electron chi connectivity index (χ0n) is 25.9. The van der Waals surface area contributed by atoms with Crippen molar-refractivity contribution in [2.75, 3.05) is 59.8 Å². The van der Waals surface area contributed by atoms with Crippen LogP contribution in [-0.2, 0) is 16.1 Å². The SMILES string of the molecule is COC(=O)c1c(-c2cc(OC)c(OC)c(OC)c2)c2ccc(OCc3ccc4ccccc4n3)cc2c(=O)n1N1CCOCC1.Cl. The summed E-state index contributed by atoms with van der Waals surface area (Å²) < 4.78 is 35.1. The van der Waals surface area contributed by atoms with Crippen LogP contribution in [0, 0.1) is 0 Å². The Hall–Kier alpha value is -5.00. The number of ether oxygens (including phenoxy) is 6. The van der Waals surface area contributed by atoms with Gasteiger partial charge in [0.1, 0.15) is 12.4 Å². The first-order valence-electron chi connectivity index (χ1n) is 14.4. The molecule has 0 spiro atoms. The van der Waals surface area contributed by atoms with E-state index in [1.165, 1.54) is 33.1 Å². The monoisotopic (exact) mass is 647 g/mol. The van der Waals surface area contributed by atoms with E-state index in [1.807, 2.05) is 36.4 Å². The quantitative estimate of drug-likeness (QED) is 0.203. The molecule has 2 aromatic heterocycles. The summed E-state index contributed by atoms with van der Waals surface area (Å²) in [5, 5.41) is 3.71. The number of benzene rings is 3. The van der Waals surface area contributed by atoms with Crippen molar-refractivity contribution in [1.82, 2.24) is 9.66 Å². The molecule has 0 saturated carbocycles. The number of hydrogen-bond acceptors (Lipinski definition) is 10. The highest BCUT2D eigenvalue weighted by Crippen LogP contribution is 2.43. The normalized spacial score (nSPS) is 12.8. The van der Waals surface area contributed by atoms with Crippen molar-refractivity contribution in [3.8, 4) is 34.1 Å². The lowest BCUT2D eigenvalue weighted by Gasteiger charge is -2.33. The number of fused-ring (bicyclic) bond motifs is 2. The van der Waals surface area contributed by atoms with Gasteiger partial charge in [-0.15, -0.1) is 12.4 Å². The lowest BCUT2D eigenvalue weighted by atomic mass is 9.96. The Morgan fingerprint density at radius 2 is 1.59 bits per heavy atom. The summed E-state index contributed by atoms with van der Waals surface area (Å²) in [5.41, 5.74) is 2.32. The minimum atomic E-state index is -0.674. The minimum Gasteiger partial charge on any atom is -0.493 e. The van der Waals surface area contributed by atoms with E-state index in [1.54, 1.807) is 35.3 Å². The van der Waals surface area contributed by atoms with Crippen molar-refractivity contribution in [3.63, 3.8) is 0 Å². The fourth-order valence-electron chi connectivity index (χ4n) is 5.63. The second-order valence-corrected chi connectivity index (χ2v) is 10.3. The van der Waals surface area contributed by atoms with Crippen molar-refractivity contribution in [2.45, 2.75) is 6.61 Å². The highest BCUT2D eigenvalue weighted by Gasteiger charge is 2.29. The van der Waals surface area contributed by atoms with Crippen LogP contribution in [0.15, 0.2) is 71.5 Å². The summed E-state index contributed by atoms with van der Waals surface area (Å²) in [4.78, 5) is 32.6. The Kier molecular flexibility index (Phi) is 9.84. The number of para-hydroxylation sites is 1. The number of nitrogens with zero attached hydrogens (tertiary/aromatic N) is 3. The second-order valence-electron chi connectivity index (χ2n) is 10.3. The molecule has 46 heavy (non-hydrogen) atoms. The Bertz CT molecular complexity index is 1930. The maximum Gasteiger partial charge on any atom is 0.357 e. The van der Waals surface area contributed by atoms with Crippen LogP contribution >= 0.6 is 12.4 Å². The number of aromatic nitrogens is 2. The van der Waals surface area contributed by atoms with E-state index in [2.05, 4.69) is 0 Å². The van der Waals surface area contributed by atoms with Crippen LogP contribution in [0.25, 0.3) is 32.8 Å². The number of carbonyl (C=O) groups excluding carboxylic acids is 1. The van der Waals surface area contributed by atoms with Crippen LogP contribution in [0.1, 0.15) is 16.2 Å². The molecule has 11 nitrogen and oxygen atoms in total. The average Bonchev–Trinajstić information content (AvgIpc) is 3.09. The Morgan fingerprint density at radius 1 is 0.870 bits per heavy atom. The van der Waals surface area contributed by atoms with Crippen LogP contribution in [-0.4, -0.2) is 70.4 Å². The summed E-state index contributed by atoms with van der Waals surface area (Å²) in [6.07, 6.45) is 0. The summed E-state index contributed by atoms with van der Waals surface area (Å²) in [5.74, 6) is 0.981. The number of esters is 1. The Labute approximate surface area is 271 Å². The molecule has 0 bridgehead atoms. The van der Waals surface area contributed by atoms with Crippen LogP contribution < -0.4 is 29.5 Å². The van der Waals surface area contributed by atoms with E-state index in [0.717, 1.165) is 16.6 Å². The number of methoxy groups -OCH3 is 4. The summed E-state index contributed by atoms with van der Waals surface area (Å²) in [6, 6.07) is 20.5. The molecule has 1 fully saturated rings. The first-order valence-corrected chi connectivity index (χ1v) is 14.4. The van der Waals surface area contributed by atoms with Gasteiger partial charge in [0.2, 0.25) is 5.75 Å². The van der Waals surface area contributed by atoms with Crippen LogP contribution in [0.5, 0.6) is 23.0 Å². The van der Waals surface area contributed by atoms with Gasteiger partial charge < -0.3 is 33.4 Å². The van der Waals surface area contributed by atoms with E-state index < -0.39 is 11.5 Å². The zero-order chi connectivity index (χ0) is 31.5. The molecular formula is C34H34ClN3O8. The maximum atomic E-state index is 14.3. The molecule has 12 heteroatoms. The molecule has 240 valence electrons. The third kappa shape index (κ3) is 5.99. The highest BCUT2D eigenvalue weighted by atomic mass is 35.5. The van der Waals surface area contributed by atoms with Gasteiger partial charge >= 0.3 is 5.97 Å². The topological polar surface area (TPSA) is 111 Å². The number of carbonyl (C=O) groups is 1. The average molecular weight is 648 g/mol. The van der Waals surface area contributed by atoms with Gasteiger partial charge in [0.05, 0.1) is 71.3 Å². The third-order valence-electron chi connectivity index (χ3n) is 7.78. The summed E-state index contributed by atoms with van der Waals surface area (Å²) in [7, 11) is 5.84. The molecule has 0 radical (unpaired) electrons. The summed E-state index contributed by atoms with van der Waals surface area (Å²) in [6.45, 7) is 1.79. The van der Waals surface area contributed by atoms with Gasteiger partial charge in [0, 0.05) is 10.9 Å². The first kappa shape index (κ1) is 32.4. The molecule has 6 rings (SSSR count). The predicted molar refractivity (Wildman–Crippen MR) is 177 cm³/mol. The van der Waals surface area contributed by atoms with E-state index in [-0.39, 0.29) is 24.7 Å². The largest absolute Gasteiger partial charge is 0.493 e. The number of hydrogen-bond donors (Lipinski definition) is 0. The van der Waals surface area contributed by atoms with Gasteiger partial charge in [-0.1, -0.05) is 24.3 Å². The van der Waals surface area contributed by atoms with Gasteiger partial charge in [-0.05, 0) is 53.4 Å².